The molecule has 5 nitrogen and oxygen atoms in total. The number of rotatable bonds is 3. The van der Waals surface area contributed by atoms with Crippen molar-refractivity contribution in [3.8, 4) is 0 Å². The third-order valence-corrected chi connectivity index (χ3v) is 6.57. The van der Waals surface area contributed by atoms with Gasteiger partial charge in [-0.15, -0.1) is 0 Å². The van der Waals surface area contributed by atoms with Gasteiger partial charge in [-0.05, 0) is 31.0 Å². The molecule has 0 aromatic heterocycles. The van der Waals surface area contributed by atoms with E-state index >= 15 is 0 Å². The number of piperazine rings is 1. The van der Waals surface area contributed by atoms with E-state index in [9.17, 15) is 12.8 Å². The number of ether oxygens (including phenoxy) is 1. The largest absolute Gasteiger partial charge is 0.381 e. The van der Waals surface area contributed by atoms with E-state index in [0.717, 1.165) is 26.2 Å². The highest BCUT2D eigenvalue weighted by atomic mass is 32.2. The van der Waals surface area contributed by atoms with E-state index in [0.29, 0.717) is 31.7 Å². The number of nitrogens with zero attached hydrogens (tertiary/aromatic N) is 1. The first-order valence-electron chi connectivity index (χ1n) is 7.66. The van der Waals surface area contributed by atoms with Crippen LogP contribution >= 0.6 is 0 Å². The number of benzene rings is 1. The van der Waals surface area contributed by atoms with Crippen LogP contribution in [0.2, 0.25) is 0 Å². The zero-order chi connectivity index (χ0) is 15.6. The summed E-state index contributed by atoms with van der Waals surface area (Å²) in [6, 6.07) is 4.29. The van der Waals surface area contributed by atoms with Gasteiger partial charge in [0.2, 0.25) is 0 Å². The fraction of sp³-hybridized carbons (Fsp3) is 0.600. The molecule has 0 saturated carbocycles. The second kappa shape index (κ2) is 6.52. The van der Waals surface area contributed by atoms with Gasteiger partial charge >= 0.3 is 0 Å². The SMILES string of the molecule is O=S(=O)(c1ccc(N2CCNCC2)c(F)c1)C1CCOCC1. The Morgan fingerprint density at radius 3 is 2.50 bits per heavy atom. The highest BCUT2D eigenvalue weighted by molar-refractivity contribution is 7.92. The Bertz CT molecular complexity index is 624. The normalized spacial score (nSPS) is 21.0. The van der Waals surface area contributed by atoms with Crippen LogP contribution in [0.4, 0.5) is 10.1 Å². The molecule has 2 heterocycles. The van der Waals surface area contributed by atoms with Crippen molar-refractivity contribution in [2.75, 3.05) is 44.3 Å². The zero-order valence-electron chi connectivity index (χ0n) is 12.4. The van der Waals surface area contributed by atoms with Gasteiger partial charge in [-0.1, -0.05) is 0 Å². The maximum Gasteiger partial charge on any atom is 0.181 e. The average molecular weight is 328 g/mol. The molecule has 22 heavy (non-hydrogen) atoms. The molecule has 2 aliphatic rings. The fourth-order valence-electron chi connectivity index (χ4n) is 3.01. The maximum atomic E-state index is 14.4. The number of nitrogens with one attached hydrogen (secondary N) is 1. The molecule has 1 aromatic carbocycles. The molecule has 0 spiro atoms. The van der Waals surface area contributed by atoms with Crippen LogP contribution in [0.25, 0.3) is 0 Å². The van der Waals surface area contributed by atoms with Crippen molar-refractivity contribution in [1.29, 1.82) is 0 Å². The van der Waals surface area contributed by atoms with E-state index in [1.807, 2.05) is 4.90 Å². The summed E-state index contributed by atoms with van der Waals surface area (Å²) in [5, 5.41) is 2.74. The second-order valence-electron chi connectivity index (χ2n) is 5.71. The molecule has 0 amide bonds. The lowest BCUT2D eigenvalue weighted by atomic mass is 10.2. The van der Waals surface area contributed by atoms with Gasteiger partial charge in [0.05, 0.1) is 15.8 Å². The first kappa shape index (κ1) is 15.7. The van der Waals surface area contributed by atoms with Crippen LogP contribution in [-0.2, 0) is 14.6 Å². The van der Waals surface area contributed by atoms with Crippen molar-refractivity contribution in [2.45, 2.75) is 23.0 Å². The predicted octanol–water partition coefficient (Wildman–Crippen LogP) is 1.19. The van der Waals surface area contributed by atoms with Crippen molar-refractivity contribution in [2.24, 2.45) is 0 Å². The molecular weight excluding hydrogens is 307 g/mol. The minimum absolute atomic E-state index is 0.0794. The summed E-state index contributed by atoms with van der Waals surface area (Å²) in [5.74, 6) is -0.463. The monoisotopic (exact) mass is 328 g/mol. The van der Waals surface area contributed by atoms with Gasteiger partial charge in [-0.25, -0.2) is 12.8 Å². The van der Waals surface area contributed by atoms with Crippen LogP contribution in [0, 0.1) is 5.82 Å². The standard InChI is InChI=1S/C15H21FN2O3S/c16-14-11-13(22(19,20)12-3-9-21-10-4-12)1-2-15(14)18-7-5-17-6-8-18/h1-2,11-12,17H,3-10H2. The van der Waals surface area contributed by atoms with Gasteiger partial charge < -0.3 is 15.0 Å². The molecule has 3 rings (SSSR count). The van der Waals surface area contributed by atoms with Crippen molar-refractivity contribution >= 4 is 15.5 Å². The molecular formula is C15H21FN2O3S. The smallest absolute Gasteiger partial charge is 0.181 e. The number of hydrogen-bond acceptors (Lipinski definition) is 5. The van der Waals surface area contributed by atoms with Gasteiger partial charge in [0.1, 0.15) is 5.82 Å². The van der Waals surface area contributed by atoms with Gasteiger partial charge in [0.25, 0.3) is 0 Å². The fourth-order valence-corrected chi connectivity index (χ4v) is 4.73. The predicted molar refractivity (Wildman–Crippen MR) is 82.5 cm³/mol. The summed E-state index contributed by atoms with van der Waals surface area (Å²) < 4.78 is 44.7. The van der Waals surface area contributed by atoms with Gasteiger partial charge in [0, 0.05) is 39.4 Å². The van der Waals surface area contributed by atoms with Crippen LogP contribution in [0.3, 0.4) is 0 Å². The highest BCUT2D eigenvalue weighted by Gasteiger charge is 2.30. The quantitative estimate of drug-likeness (QED) is 0.903. The van der Waals surface area contributed by atoms with Crippen molar-refractivity contribution < 1.29 is 17.5 Å². The topological polar surface area (TPSA) is 58.6 Å². The Hall–Kier alpha value is -1.18. The molecule has 0 aliphatic carbocycles. The Kier molecular flexibility index (Phi) is 4.65. The lowest BCUT2D eigenvalue weighted by Gasteiger charge is -2.30. The molecule has 1 aromatic rings. The molecule has 0 bridgehead atoms. The molecule has 2 aliphatic heterocycles. The minimum atomic E-state index is -3.48. The van der Waals surface area contributed by atoms with E-state index in [4.69, 9.17) is 4.74 Å². The van der Waals surface area contributed by atoms with Crippen LogP contribution in [0.5, 0.6) is 0 Å². The summed E-state index contributed by atoms with van der Waals surface area (Å²) in [6.07, 6.45) is 0.951. The summed E-state index contributed by atoms with van der Waals surface area (Å²) in [7, 11) is -3.48. The van der Waals surface area contributed by atoms with Gasteiger partial charge in [0.15, 0.2) is 9.84 Å². The Balaban J connectivity index is 1.84. The second-order valence-corrected chi connectivity index (χ2v) is 7.94. The summed E-state index contributed by atoms with van der Waals surface area (Å²) in [4.78, 5) is 2.02. The van der Waals surface area contributed by atoms with E-state index in [-0.39, 0.29) is 4.90 Å². The van der Waals surface area contributed by atoms with Crippen LogP contribution in [0.1, 0.15) is 12.8 Å². The zero-order valence-corrected chi connectivity index (χ0v) is 13.2. The summed E-state index contributed by atoms with van der Waals surface area (Å²) in [5.41, 5.74) is 0.479. The van der Waals surface area contributed by atoms with Gasteiger partial charge in [-0.2, -0.15) is 0 Å². The number of anilines is 1. The molecule has 2 saturated heterocycles. The molecule has 122 valence electrons. The maximum absolute atomic E-state index is 14.4. The average Bonchev–Trinajstić information content (AvgIpc) is 2.56. The Morgan fingerprint density at radius 1 is 1.18 bits per heavy atom. The first-order chi connectivity index (χ1) is 10.6. The third-order valence-electron chi connectivity index (χ3n) is 4.31. The molecule has 2 fully saturated rings. The van der Waals surface area contributed by atoms with Crippen molar-refractivity contribution in [1.82, 2.24) is 5.32 Å². The summed E-state index contributed by atoms with van der Waals surface area (Å²) >= 11 is 0. The third kappa shape index (κ3) is 3.11. The first-order valence-corrected chi connectivity index (χ1v) is 9.20. The van der Waals surface area contributed by atoms with E-state index < -0.39 is 20.9 Å². The summed E-state index contributed by atoms with van der Waals surface area (Å²) in [6.45, 7) is 3.96. The number of halogens is 1. The lowest BCUT2D eigenvalue weighted by molar-refractivity contribution is 0.0983. The lowest BCUT2D eigenvalue weighted by Crippen LogP contribution is -2.43. The van der Waals surface area contributed by atoms with Crippen molar-refractivity contribution in [3.05, 3.63) is 24.0 Å². The van der Waals surface area contributed by atoms with Crippen molar-refractivity contribution in [3.63, 3.8) is 0 Å². The van der Waals surface area contributed by atoms with Gasteiger partial charge in [-0.3, -0.25) is 0 Å². The van der Waals surface area contributed by atoms with Crippen LogP contribution < -0.4 is 10.2 Å². The molecule has 0 radical (unpaired) electrons. The van der Waals surface area contributed by atoms with Crippen LogP contribution in [-0.4, -0.2) is 53.1 Å². The molecule has 1 N–H and O–H groups in total. The van der Waals surface area contributed by atoms with E-state index in [1.54, 1.807) is 6.07 Å². The van der Waals surface area contributed by atoms with Crippen LogP contribution in [0.15, 0.2) is 23.1 Å². The molecule has 0 unspecified atom stereocenters. The molecule has 0 atom stereocenters. The minimum Gasteiger partial charge on any atom is -0.381 e. The highest BCUT2D eigenvalue weighted by Crippen LogP contribution is 2.28. The van der Waals surface area contributed by atoms with E-state index in [1.165, 1.54) is 12.1 Å². The van der Waals surface area contributed by atoms with E-state index in [2.05, 4.69) is 5.32 Å². The molecule has 7 heteroatoms. The number of sulfone groups is 1. The Morgan fingerprint density at radius 2 is 1.86 bits per heavy atom. The Labute approximate surface area is 130 Å². The number of hydrogen-bond donors (Lipinski definition) is 1.